The van der Waals surface area contributed by atoms with Crippen LogP contribution in [0.1, 0.15) is 5.56 Å². The Morgan fingerprint density at radius 3 is 2.56 bits per heavy atom. The number of carboxylic acids is 1. The summed E-state index contributed by atoms with van der Waals surface area (Å²) in [4.78, 5) is 10.7. The first kappa shape index (κ1) is 14.6. The van der Waals surface area contributed by atoms with Crippen molar-refractivity contribution in [3.05, 3.63) is 40.9 Å². The highest BCUT2D eigenvalue weighted by atomic mass is 79.9. The van der Waals surface area contributed by atoms with E-state index in [1.165, 1.54) is 12.1 Å². The quantitative estimate of drug-likeness (QED) is 0.833. The molecule has 0 aliphatic heterocycles. The molecule has 3 nitrogen and oxygen atoms in total. The second kappa shape index (κ2) is 5.43. The number of benzene rings is 1. The number of aliphatic carboxylic acids is 1. The van der Waals surface area contributed by atoms with Crippen LogP contribution in [0.2, 0.25) is 0 Å². The summed E-state index contributed by atoms with van der Waals surface area (Å²) in [6.07, 6.45) is -3.42. The summed E-state index contributed by atoms with van der Waals surface area (Å²) in [7, 11) is 0. The maximum atomic E-state index is 12.6. The van der Waals surface area contributed by atoms with E-state index in [-0.39, 0.29) is 10.2 Å². The van der Waals surface area contributed by atoms with Gasteiger partial charge in [0.05, 0.1) is 5.56 Å². The molecule has 0 saturated carbocycles. The molecule has 1 atom stereocenters. The van der Waals surface area contributed by atoms with Crippen LogP contribution in [-0.2, 0) is 11.0 Å². The Hall–Kier alpha value is -1.50. The summed E-state index contributed by atoms with van der Waals surface area (Å²) in [5.41, 5.74) is -0.821. The van der Waals surface area contributed by atoms with Gasteiger partial charge in [0, 0.05) is 10.2 Å². The lowest BCUT2D eigenvalue weighted by molar-refractivity contribution is -0.138. The number of rotatable bonds is 4. The number of halogens is 4. The molecule has 0 saturated heterocycles. The van der Waals surface area contributed by atoms with Crippen molar-refractivity contribution in [2.45, 2.75) is 12.2 Å². The van der Waals surface area contributed by atoms with Crippen molar-refractivity contribution >= 4 is 27.6 Å². The van der Waals surface area contributed by atoms with E-state index < -0.39 is 23.8 Å². The summed E-state index contributed by atoms with van der Waals surface area (Å²) in [5, 5.41) is 11.2. The molecular formula is C11H9BrF3NO2. The van der Waals surface area contributed by atoms with Crippen LogP contribution in [0.4, 0.5) is 18.9 Å². The largest absolute Gasteiger partial charge is 0.479 e. The minimum absolute atomic E-state index is 0.0535. The first-order valence-electron chi connectivity index (χ1n) is 4.74. The van der Waals surface area contributed by atoms with Crippen molar-refractivity contribution < 1.29 is 23.1 Å². The number of hydrogen-bond donors (Lipinski definition) is 2. The number of hydrogen-bond acceptors (Lipinski definition) is 2. The highest BCUT2D eigenvalue weighted by Gasteiger charge is 2.33. The van der Waals surface area contributed by atoms with Gasteiger partial charge in [0.25, 0.3) is 0 Å². The first-order chi connectivity index (χ1) is 8.25. The van der Waals surface area contributed by atoms with Gasteiger partial charge >= 0.3 is 12.1 Å². The van der Waals surface area contributed by atoms with E-state index in [0.717, 1.165) is 12.1 Å². The molecule has 0 fully saturated rings. The minimum Gasteiger partial charge on any atom is -0.479 e. The summed E-state index contributed by atoms with van der Waals surface area (Å²) in [6.45, 7) is 3.29. The van der Waals surface area contributed by atoms with E-state index in [1.807, 2.05) is 0 Å². The lowest BCUT2D eigenvalue weighted by Crippen LogP contribution is -2.26. The van der Waals surface area contributed by atoms with Gasteiger partial charge in [-0.1, -0.05) is 22.0 Å². The number of anilines is 1. The molecule has 98 valence electrons. The summed E-state index contributed by atoms with van der Waals surface area (Å²) >= 11 is 2.79. The van der Waals surface area contributed by atoms with Gasteiger partial charge < -0.3 is 10.4 Å². The minimum atomic E-state index is -4.51. The fourth-order valence-corrected chi connectivity index (χ4v) is 1.70. The van der Waals surface area contributed by atoms with E-state index in [2.05, 4.69) is 27.8 Å². The molecule has 0 aliphatic carbocycles. The molecule has 0 bridgehead atoms. The molecule has 0 amide bonds. The fraction of sp³-hybridized carbons (Fsp3) is 0.182. The molecule has 1 unspecified atom stereocenters. The van der Waals surface area contributed by atoms with Crippen LogP contribution in [0.3, 0.4) is 0 Å². The topological polar surface area (TPSA) is 49.3 Å². The van der Waals surface area contributed by atoms with Crippen molar-refractivity contribution in [2.24, 2.45) is 0 Å². The number of alkyl halides is 3. The first-order valence-corrected chi connectivity index (χ1v) is 5.53. The summed E-state index contributed by atoms with van der Waals surface area (Å²) < 4.78 is 37.7. The third kappa shape index (κ3) is 3.49. The highest BCUT2D eigenvalue weighted by Crippen LogP contribution is 2.36. The van der Waals surface area contributed by atoms with Crippen LogP contribution >= 0.6 is 15.9 Å². The van der Waals surface area contributed by atoms with E-state index in [9.17, 15) is 18.0 Å². The zero-order valence-electron chi connectivity index (χ0n) is 8.96. The highest BCUT2D eigenvalue weighted by molar-refractivity contribution is 9.10. The molecule has 7 heteroatoms. The fourth-order valence-electron chi connectivity index (χ4n) is 1.23. The number of carbonyl (C=O) groups is 1. The zero-order chi connectivity index (χ0) is 13.9. The maximum Gasteiger partial charge on any atom is 0.417 e. The SMILES string of the molecule is C=CC(Nc1ccc(Br)c(C(F)(F)F)c1)C(=O)O. The molecule has 1 aromatic carbocycles. The lowest BCUT2D eigenvalue weighted by Gasteiger charge is -2.15. The van der Waals surface area contributed by atoms with Gasteiger partial charge in [-0.05, 0) is 18.2 Å². The normalized spacial score (nSPS) is 12.9. The van der Waals surface area contributed by atoms with Gasteiger partial charge in [-0.3, -0.25) is 0 Å². The van der Waals surface area contributed by atoms with E-state index in [0.29, 0.717) is 0 Å². The van der Waals surface area contributed by atoms with Crippen molar-refractivity contribution in [3.63, 3.8) is 0 Å². The number of carboxylic acid groups (broad SMARTS) is 1. The molecule has 0 spiro atoms. The molecule has 18 heavy (non-hydrogen) atoms. The van der Waals surface area contributed by atoms with Crippen molar-refractivity contribution in [1.29, 1.82) is 0 Å². The predicted molar refractivity (Wildman–Crippen MR) is 64.4 cm³/mol. The van der Waals surface area contributed by atoms with Crippen molar-refractivity contribution in [2.75, 3.05) is 5.32 Å². The van der Waals surface area contributed by atoms with Gasteiger partial charge in [0.15, 0.2) is 0 Å². The monoisotopic (exact) mass is 323 g/mol. The Balaban J connectivity index is 3.06. The van der Waals surface area contributed by atoms with Crippen LogP contribution in [0.25, 0.3) is 0 Å². The van der Waals surface area contributed by atoms with Crippen LogP contribution in [0.5, 0.6) is 0 Å². The molecule has 1 aromatic rings. The second-order valence-electron chi connectivity index (χ2n) is 3.39. The Kier molecular flexibility index (Phi) is 4.39. The third-order valence-electron chi connectivity index (χ3n) is 2.10. The van der Waals surface area contributed by atoms with Gasteiger partial charge in [0.2, 0.25) is 0 Å². The Labute approximate surface area is 109 Å². The molecule has 0 aromatic heterocycles. The van der Waals surface area contributed by atoms with Crippen LogP contribution in [0, 0.1) is 0 Å². The number of nitrogens with one attached hydrogen (secondary N) is 1. The van der Waals surface area contributed by atoms with Gasteiger partial charge in [-0.2, -0.15) is 13.2 Å². The van der Waals surface area contributed by atoms with Crippen molar-refractivity contribution in [1.82, 2.24) is 0 Å². The smallest absolute Gasteiger partial charge is 0.417 e. The van der Waals surface area contributed by atoms with Gasteiger partial charge in [0.1, 0.15) is 6.04 Å². The van der Waals surface area contributed by atoms with Crippen LogP contribution in [0.15, 0.2) is 35.3 Å². The lowest BCUT2D eigenvalue weighted by atomic mass is 10.1. The molecule has 1 rings (SSSR count). The Morgan fingerprint density at radius 2 is 2.11 bits per heavy atom. The van der Waals surface area contributed by atoms with Crippen LogP contribution in [-0.4, -0.2) is 17.1 Å². The molecule has 0 radical (unpaired) electrons. The Morgan fingerprint density at radius 1 is 1.50 bits per heavy atom. The zero-order valence-corrected chi connectivity index (χ0v) is 10.5. The molecule has 0 aliphatic rings. The second-order valence-corrected chi connectivity index (χ2v) is 4.24. The molecule has 2 N–H and O–H groups in total. The predicted octanol–water partition coefficient (Wildman–Crippen LogP) is 3.52. The Bertz CT molecular complexity index is 474. The van der Waals surface area contributed by atoms with Crippen LogP contribution < -0.4 is 5.32 Å². The third-order valence-corrected chi connectivity index (χ3v) is 2.79. The summed E-state index contributed by atoms with van der Waals surface area (Å²) in [5.74, 6) is -1.22. The molecular weight excluding hydrogens is 315 g/mol. The average Bonchev–Trinajstić information content (AvgIpc) is 2.25. The van der Waals surface area contributed by atoms with Gasteiger partial charge in [-0.15, -0.1) is 6.58 Å². The standard InChI is InChI=1S/C11H9BrF3NO2/c1-2-9(10(17)18)16-6-3-4-8(12)7(5-6)11(13,14)15/h2-5,9,16H,1H2,(H,17,18). The van der Waals surface area contributed by atoms with E-state index >= 15 is 0 Å². The average molecular weight is 324 g/mol. The maximum absolute atomic E-state index is 12.6. The van der Waals surface area contributed by atoms with E-state index in [1.54, 1.807) is 0 Å². The molecule has 0 heterocycles. The van der Waals surface area contributed by atoms with Crippen molar-refractivity contribution in [3.8, 4) is 0 Å². The van der Waals surface area contributed by atoms with Gasteiger partial charge in [-0.25, -0.2) is 4.79 Å². The van der Waals surface area contributed by atoms with E-state index in [4.69, 9.17) is 5.11 Å². The summed E-state index contributed by atoms with van der Waals surface area (Å²) in [6, 6.07) is 2.24.